The first-order chi connectivity index (χ1) is 38.7. The fraction of sp³-hybridized carbons (Fsp3) is 0. The molecule has 13 aromatic carbocycles. The molecule has 366 valence electrons. The van der Waals surface area contributed by atoms with Gasteiger partial charge in [-0.3, -0.25) is 0 Å². The van der Waals surface area contributed by atoms with Crippen LogP contribution in [0.15, 0.2) is 314 Å². The minimum atomic E-state index is 0.881. The molecule has 0 saturated carbocycles. The topological polar surface area (TPSA) is 16.4 Å². The molecule has 0 radical (unpaired) electrons. The van der Waals surface area contributed by atoms with Crippen LogP contribution in [-0.2, 0) is 0 Å². The molecule has 0 aliphatic carbocycles. The lowest BCUT2D eigenvalue weighted by molar-refractivity contribution is 0.632. The van der Waals surface area contributed by atoms with Gasteiger partial charge in [0.25, 0.3) is 0 Å². The third-order valence-electron chi connectivity index (χ3n) is 15.3. The second kappa shape index (κ2) is 20.1. The van der Waals surface area contributed by atoms with Crippen molar-refractivity contribution >= 4 is 49.6 Å². The zero-order valence-electron chi connectivity index (χ0n) is 42.8. The molecule has 0 amide bonds. The fourth-order valence-corrected chi connectivity index (χ4v) is 11.4. The summed E-state index contributed by atoms with van der Waals surface area (Å²) in [5, 5.41) is 6.16. The summed E-state index contributed by atoms with van der Waals surface area (Å²) in [4.78, 5) is 2.36. The Morgan fingerprint density at radius 2 is 0.615 bits per heavy atom. The maximum Gasteiger partial charge on any atom is 0.143 e. The largest absolute Gasteiger partial charge is 0.455 e. The summed E-state index contributed by atoms with van der Waals surface area (Å²) in [6, 6.07) is 112. The van der Waals surface area contributed by atoms with Crippen LogP contribution in [0.2, 0.25) is 0 Å². The van der Waals surface area contributed by atoms with Crippen molar-refractivity contribution in [3.63, 3.8) is 0 Å². The van der Waals surface area contributed by atoms with Crippen LogP contribution in [0, 0.1) is 0 Å². The lowest BCUT2D eigenvalue weighted by Gasteiger charge is -2.26. The van der Waals surface area contributed by atoms with E-state index in [1.165, 1.54) is 60.5 Å². The predicted molar refractivity (Wildman–Crippen MR) is 329 cm³/mol. The SMILES string of the molecule is c1ccc(-c2ccccc2-c2ccccc2-c2ccc(N(c3ccc(-c4ccc(-c5cccc(-c6oc7ccccc7c6-c6ccccc6)c5)cc4)cc3)c3ccc(-c4ccc5c(ccc6ccccc65)c4)cc3)cc2)cc1. The van der Waals surface area contributed by atoms with Gasteiger partial charge in [-0.05, 0) is 148 Å². The van der Waals surface area contributed by atoms with Crippen LogP contribution in [0.25, 0.3) is 122 Å². The van der Waals surface area contributed by atoms with Gasteiger partial charge in [0, 0.05) is 33.6 Å². The van der Waals surface area contributed by atoms with Gasteiger partial charge >= 0.3 is 0 Å². The normalized spacial score (nSPS) is 11.3. The zero-order chi connectivity index (χ0) is 51.8. The van der Waals surface area contributed by atoms with Crippen molar-refractivity contribution in [2.75, 3.05) is 4.90 Å². The van der Waals surface area contributed by atoms with Gasteiger partial charge in [0.05, 0.1) is 0 Å². The monoisotopic (exact) mass is 993 g/mol. The third-order valence-corrected chi connectivity index (χ3v) is 15.3. The molecule has 1 aromatic heterocycles. The van der Waals surface area contributed by atoms with E-state index in [9.17, 15) is 0 Å². The molecule has 14 rings (SSSR count). The van der Waals surface area contributed by atoms with E-state index in [-0.39, 0.29) is 0 Å². The van der Waals surface area contributed by atoms with E-state index >= 15 is 0 Å². The number of benzene rings is 13. The molecule has 0 fully saturated rings. The predicted octanol–water partition coefficient (Wildman–Crippen LogP) is 21.5. The summed E-state index contributed by atoms with van der Waals surface area (Å²) in [6.07, 6.45) is 0. The Morgan fingerprint density at radius 3 is 1.23 bits per heavy atom. The van der Waals surface area contributed by atoms with Gasteiger partial charge in [-0.25, -0.2) is 0 Å². The molecule has 78 heavy (non-hydrogen) atoms. The molecule has 2 heteroatoms. The molecule has 0 spiro atoms. The summed E-state index contributed by atoms with van der Waals surface area (Å²) >= 11 is 0. The van der Waals surface area contributed by atoms with Gasteiger partial charge in [-0.2, -0.15) is 0 Å². The maximum absolute atomic E-state index is 6.59. The van der Waals surface area contributed by atoms with Crippen molar-refractivity contribution in [1.82, 2.24) is 0 Å². The highest BCUT2D eigenvalue weighted by Gasteiger charge is 2.20. The molecular weight excluding hydrogens is 943 g/mol. The Bertz CT molecular complexity index is 4440. The first-order valence-corrected chi connectivity index (χ1v) is 26.7. The molecule has 14 aromatic rings. The molecule has 0 atom stereocenters. The fourth-order valence-electron chi connectivity index (χ4n) is 11.4. The molecule has 0 saturated heterocycles. The second-order valence-corrected chi connectivity index (χ2v) is 20.0. The van der Waals surface area contributed by atoms with E-state index in [4.69, 9.17) is 4.42 Å². The van der Waals surface area contributed by atoms with E-state index in [0.717, 1.165) is 78.3 Å². The number of hydrogen-bond acceptors (Lipinski definition) is 2. The molecule has 2 nitrogen and oxygen atoms in total. The van der Waals surface area contributed by atoms with Gasteiger partial charge in [0.1, 0.15) is 11.3 Å². The minimum Gasteiger partial charge on any atom is -0.455 e. The molecule has 0 aliphatic rings. The van der Waals surface area contributed by atoms with Crippen molar-refractivity contribution < 1.29 is 4.42 Å². The van der Waals surface area contributed by atoms with Crippen molar-refractivity contribution in [3.05, 3.63) is 309 Å². The van der Waals surface area contributed by atoms with Gasteiger partial charge in [-0.1, -0.05) is 255 Å². The van der Waals surface area contributed by atoms with Gasteiger partial charge in [-0.15, -0.1) is 0 Å². The van der Waals surface area contributed by atoms with Gasteiger partial charge < -0.3 is 9.32 Å². The molecule has 1 heterocycles. The van der Waals surface area contributed by atoms with E-state index < -0.39 is 0 Å². The smallest absolute Gasteiger partial charge is 0.143 e. The van der Waals surface area contributed by atoms with Crippen LogP contribution in [0.3, 0.4) is 0 Å². The summed E-state index contributed by atoms with van der Waals surface area (Å²) in [5.74, 6) is 0.881. The lowest BCUT2D eigenvalue weighted by atomic mass is 9.89. The minimum absolute atomic E-state index is 0.881. The average molecular weight is 994 g/mol. The van der Waals surface area contributed by atoms with Crippen LogP contribution < -0.4 is 4.90 Å². The summed E-state index contributed by atoms with van der Waals surface area (Å²) < 4.78 is 6.59. The first kappa shape index (κ1) is 46.3. The second-order valence-electron chi connectivity index (χ2n) is 20.0. The number of hydrogen-bond donors (Lipinski definition) is 0. The summed E-state index contributed by atoms with van der Waals surface area (Å²) in [7, 11) is 0. The number of nitrogens with zero attached hydrogens (tertiary/aromatic N) is 1. The van der Waals surface area contributed by atoms with Crippen LogP contribution >= 0.6 is 0 Å². The van der Waals surface area contributed by atoms with Crippen LogP contribution in [0.1, 0.15) is 0 Å². The summed E-state index contributed by atoms with van der Waals surface area (Å²) in [5.41, 5.74) is 21.6. The summed E-state index contributed by atoms with van der Waals surface area (Å²) in [6.45, 7) is 0. The Hall–Kier alpha value is -10.3. The van der Waals surface area contributed by atoms with Crippen LogP contribution in [0.5, 0.6) is 0 Å². The van der Waals surface area contributed by atoms with Crippen LogP contribution in [0.4, 0.5) is 17.1 Å². The Morgan fingerprint density at radius 1 is 0.218 bits per heavy atom. The van der Waals surface area contributed by atoms with E-state index in [0.29, 0.717) is 0 Å². The number of fused-ring (bicyclic) bond motifs is 4. The van der Waals surface area contributed by atoms with Crippen molar-refractivity contribution in [1.29, 1.82) is 0 Å². The standard InChI is InChI=1S/C76H51NO/c1-3-16-56(17-4-1)68-24-9-11-26-71(68)72-27-12-10-25-69(72)58-40-47-66(48-41-58)77(65-45-38-55(39-46-65)61-42-49-70-62(50-61)35-34-57-18-7-8-23-67(57)70)64-43-36-53(37-44-64)52-30-32-54(33-31-52)60-21-15-22-63(51-60)76-75(59-19-5-2-6-20-59)73-28-13-14-29-74(73)78-76/h1-51H. The zero-order valence-corrected chi connectivity index (χ0v) is 42.8. The lowest BCUT2D eigenvalue weighted by Crippen LogP contribution is -2.09. The number of para-hydroxylation sites is 1. The molecule has 0 bridgehead atoms. The molecule has 0 unspecified atom stereocenters. The van der Waals surface area contributed by atoms with E-state index in [1.54, 1.807) is 0 Å². The molecule has 0 aliphatic heterocycles. The van der Waals surface area contributed by atoms with Gasteiger partial charge in [0.15, 0.2) is 0 Å². The Labute approximate surface area is 455 Å². The highest BCUT2D eigenvalue weighted by Crippen LogP contribution is 2.44. The van der Waals surface area contributed by atoms with Crippen LogP contribution in [-0.4, -0.2) is 0 Å². The number of anilines is 3. The van der Waals surface area contributed by atoms with Crippen molar-refractivity contribution in [2.24, 2.45) is 0 Å². The number of furan rings is 1. The number of rotatable bonds is 11. The Balaban J connectivity index is 0.789. The molecule has 0 N–H and O–H groups in total. The van der Waals surface area contributed by atoms with Gasteiger partial charge in [0.2, 0.25) is 0 Å². The quantitative estimate of drug-likeness (QED) is 0.120. The highest BCUT2D eigenvalue weighted by atomic mass is 16.3. The average Bonchev–Trinajstić information content (AvgIpc) is 3.92. The van der Waals surface area contributed by atoms with Crippen molar-refractivity contribution in [3.8, 4) is 89.2 Å². The third kappa shape index (κ3) is 8.72. The maximum atomic E-state index is 6.59. The Kier molecular flexibility index (Phi) is 11.9. The van der Waals surface area contributed by atoms with Crippen molar-refractivity contribution in [2.45, 2.75) is 0 Å². The van der Waals surface area contributed by atoms with E-state index in [2.05, 4.69) is 308 Å². The molecular formula is C76H51NO. The first-order valence-electron chi connectivity index (χ1n) is 26.7. The highest BCUT2D eigenvalue weighted by molar-refractivity contribution is 6.08. The van der Waals surface area contributed by atoms with E-state index in [1.807, 2.05) is 6.07 Å².